The molecular weight excluding hydrogens is 589 g/mol. The van der Waals surface area contributed by atoms with Crippen molar-refractivity contribution in [2.75, 3.05) is 6.16 Å². The zero-order valence-corrected chi connectivity index (χ0v) is 21.8. The summed E-state index contributed by atoms with van der Waals surface area (Å²) in [6.45, 7) is 0. The molecule has 7 heteroatoms. The van der Waals surface area contributed by atoms with Crippen molar-refractivity contribution in [1.29, 1.82) is 0 Å². The van der Waals surface area contributed by atoms with Gasteiger partial charge in [0.05, 0.1) is 0 Å². The maximum atomic E-state index is 14.2. The van der Waals surface area contributed by atoms with Gasteiger partial charge < -0.3 is 0 Å². The Morgan fingerprint density at radius 1 is 0.486 bits per heavy atom. The SMILES string of the molecule is Fc1c(F)c(F)c(CCCCP(I)(c2ccccc2)(c2ccccc2)c2ccccc2)c(F)c1F. The number of rotatable bonds is 8. The van der Waals surface area contributed by atoms with Gasteiger partial charge in [-0.25, -0.2) is 0 Å². The third-order valence-corrected chi connectivity index (χ3v) is 18.2. The molecule has 0 saturated carbocycles. The molecule has 35 heavy (non-hydrogen) atoms. The molecule has 0 fully saturated rings. The van der Waals surface area contributed by atoms with Crippen LogP contribution in [-0.4, -0.2) is 6.16 Å². The van der Waals surface area contributed by atoms with Crippen LogP contribution in [0.4, 0.5) is 22.0 Å². The minimum absolute atomic E-state index is 0.243. The molecule has 0 amide bonds. The normalized spacial score (nSPS) is 12.8. The first-order valence-corrected chi connectivity index (χ1v) is 16.4. The Morgan fingerprint density at radius 3 is 1.20 bits per heavy atom. The number of hydrogen-bond acceptors (Lipinski definition) is 0. The number of unbranched alkanes of at least 4 members (excludes halogenated alkanes) is 1. The molecule has 4 aromatic rings. The molecule has 0 radical (unpaired) electrons. The summed E-state index contributed by atoms with van der Waals surface area (Å²) >= 11 is 2.60. The molecule has 0 nitrogen and oxygen atoms in total. The second-order valence-electron chi connectivity index (χ2n) is 8.42. The molecule has 0 bridgehead atoms. The van der Waals surface area contributed by atoms with Gasteiger partial charge in [-0.2, -0.15) is 0 Å². The van der Waals surface area contributed by atoms with Crippen LogP contribution in [0.2, 0.25) is 0 Å². The van der Waals surface area contributed by atoms with Crippen LogP contribution < -0.4 is 15.9 Å². The summed E-state index contributed by atoms with van der Waals surface area (Å²) in [5.41, 5.74) is -0.755. The average molecular weight is 612 g/mol. The van der Waals surface area contributed by atoms with Gasteiger partial charge in [0, 0.05) is 0 Å². The van der Waals surface area contributed by atoms with E-state index < -0.39 is 38.9 Å². The van der Waals surface area contributed by atoms with E-state index in [1.54, 1.807) is 0 Å². The van der Waals surface area contributed by atoms with Gasteiger partial charge >= 0.3 is 215 Å². The zero-order valence-electron chi connectivity index (χ0n) is 18.7. The van der Waals surface area contributed by atoms with Crippen LogP contribution in [-0.2, 0) is 6.42 Å². The van der Waals surface area contributed by atoms with Crippen molar-refractivity contribution < 1.29 is 22.0 Å². The summed E-state index contributed by atoms with van der Waals surface area (Å²) in [6, 6.07) is 30.5. The van der Waals surface area contributed by atoms with Crippen molar-refractivity contribution in [2.45, 2.75) is 19.3 Å². The monoisotopic (exact) mass is 612 g/mol. The maximum absolute atomic E-state index is 14.2. The fourth-order valence-electron chi connectivity index (χ4n) is 4.63. The summed E-state index contributed by atoms with van der Waals surface area (Å²) in [4.78, 5) is 0. The van der Waals surface area contributed by atoms with Crippen molar-refractivity contribution in [3.8, 4) is 0 Å². The molecule has 0 aliphatic rings. The molecule has 4 aromatic carbocycles. The summed E-state index contributed by atoms with van der Waals surface area (Å²) in [6.07, 6.45) is 1.22. The molecule has 0 N–H and O–H groups in total. The summed E-state index contributed by atoms with van der Waals surface area (Å²) in [7, 11) is 0. The third kappa shape index (κ3) is 4.51. The minimum atomic E-state index is -3.06. The first-order chi connectivity index (χ1) is 16.8. The fourth-order valence-corrected chi connectivity index (χ4v) is 13.4. The van der Waals surface area contributed by atoms with Gasteiger partial charge in [-0.15, -0.1) is 0 Å². The summed E-state index contributed by atoms with van der Waals surface area (Å²) in [5.74, 6) is -9.42. The molecule has 0 aromatic heterocycles. The second kappa shape index (κ2) is 10.4. The van der Waals surface area contributed by atoms with E-state index in [9.17, 15) is 22.0 Å². The van der Waals surface area contributed by atoms with Crippen molar-refractivity contribution in [3.63, 3.8) is 0 Å². The van der Waals surface area contributed by atoms with Gasteiger partial charge in [0.2, 0.25) is 0 Å². The van der Waals surface area contributed by atoms with E-state index in [2.05, 4.69) is 58.4 Å². The first-order valence-electron chi connectivity index (χ1n) is 11.2. The summed E-state index contributed by atoms with van der Waals surface area (Å²) in [5, 5.41) is 3.48. The van der Waals surface area contributed by atoms with Crippen LogP contribution in [0.15, 0.2) is 91.0 Å². The van der Waals surface area contributed by atoms with Crippen LogP contribution in [0.25, 0.3) is 0 Å². The van der Waals surface area contributed by atoms with E-state index in [1.165, 1.54) is 0 Å². The van der Waals surface area contributed by atoms with E-state index in [4.69, 9.17) is 0 Å². The van der Waals surface area contributed by atoms with Crippen molar-refractivity contribution in [1.82, 2.24) is 0 Å². The molecule has 0 saturated heterocycles. The Hall–Kier alpha value is -2.31. The molecule has 0 spiro atoms. The van der Waals surface area contributed by atoms with E-state index in [-0.39, 0.29) is 12.8 Å². The van der Waals surface area contributed by atoms with Gasteiger partial charge in [0.15, 0.2) is 0 Å². The summed E-state index contributed by atoms with van der Waals surface area (Å²) < 4.78 is 66.2. The van der Waals surface area contributed by atoms with Crippen LogP contribution in [0, 0.1) is 29.1 Å². The number of halogens is 6. The second-order valence-corrected chi connectivity index (χ2v) is 19.2. The van der Waals surface area contributed by atoms with Crippen LogP contribution in [0.1, 0.15) is 18.4 Å². The molecule has 0 aliphatic heterocycles. The molecular formula is C28H23F5IP. The van der Waals surface area contributed by atoms with Gasteiger partial charge in [-0.3, -0.25) is 0 Å². The Balaban J connectivity index is 1.75. The van der Waals surface area contributed by atoms with E-state index in [0.717, 1.165) is 15.9 Å². The van der Waals surface area contributed by atoms with Gasteiger partial charge in [-0.05, 0) is 0 Å². The molecule has 0 unspecified atom stereocenters. The van der Waals surface area contributed by atoms with Crippen LogP contribution in [0.5, 0.6) is 0 Å². The quantitative estimate of drug-likeness (QED) is 0.0481. The molecule has 0 heterocycles. The van der Waals surface area contributed by atoms with Crippen molar-refractivity contribution >= 4 is 42.2 Å². The van der Waals surface area contributed by atoms with E-state index in [0.29, 0.717) is 12.6 Å². The Labute approximate surface area is 214 Å². The third-order valence-electron chi connectivity index (χ3n) is 6.44. The first kappa shape index (κ1) is 25.8. The Morgan fingerprint density at radius 2 is 0.829 bits per heavy atom. The topological polar surface area (TPSA) is 0 Å². The predicted octanol–water partition coefficient (Wildman–Crippen LogP) is 7.58. The van der Waals surface area contributed by atoms with E-state index in [1.807, 2.05) is 54.6 Å². The molecule has 0 aliphatic carbocycles. The number of benzene rings is 4. The van der Waals surface area contributed by atoms with Crippen LogP contribution >= 0.6 is 26.3 Å². The zero-order chi connectivity index (χ0) is 25.1. The average Bonchev–Trinajstić information content (AvgIpc) is 2.92. The molecule has 182 valence electrons. The molecule has 4 rings (SSSR count). The van der Waals surface area contributed by atoms with Crippen molar-refractivity contribution in [3.05, 3.63) is 126 Å². The van der Waals surface area contributed by atoms with Gasteiger partial charge in [-0.1, -0.05) is 0 Å². The Bertz CT molecular complexity index is 1190. The van der Waals surface area contributed by atoms with Crippen molar-refractivity contribution in [2.24, 2.45) is 0 Å². The van der Waals surface area contributed by atoms with Crippen LogP contribution in [0.3, 0.4) is 0 Å². The van der Waals surface area contributed by atoms with Gasteiger partial charge in [0.25, 0.3) is 0 Å². The van der Waals surface area contributed by atoms with Gasteiger partial charge in [0.1, 0.15) is 0 Å². The fraction of sp³-hybridized carbons (Fsp3) is 0.143. The number of hydrogen-bond donors (Lipinski definition) is 0. The Kier molecular flexibility index (Phi) is 7.62. The molecule has 0 atom stereocenters. The predicted molar refractivity (Wildman–Crippen MR) is 143 cm³/mol. The standard InChI is InChI=1S/C28H23F5IP/c29-24-23(25(30)27(32)28(33)26(24)31)18-10-11-19-35(34,20-12-4-1-5-13-20,21-14-6-2-7-15-21)22-16-8-3-9-17-22/h1-9,12-17H,10-11,18-19H2. The van der Waals surface area contributed by atoms with E-state index >= 15 is 0 Å².